The second kappa shape index (κ2) is 6.97. The lowest BCUT2D eigenvalue weighted by molar-refractivity contribution is -0.122. The molecule has 2 aromatic carbocycles. The van der Waals surface area contributed by atoms with Crippen LogP contribution in [0.2, 0.25) is 0 Å². The molecule has 1 heterocycles. The molecule has 3 rings (SSSR count). The van der Waals surface area contributed by atoms with Crippen LogP contribution in [0.4, 0.5) is 11.4 Å². The summed E-state index contributed by atoms with van der Waals surface area (Å²) >= 11 is 0. The number of carbonyl (C=O) groups is 2. The van der Waals surface area contributed by atoms with Crippen molar-refractivity contribution in [2.75, 3.05) is 23.9 Å². The van der Waals surface area contributed by atoms with Crippen LogP contribution in [-0.4, -0.2) is 25.5 Å². The van der Waals surface area contributed by atoms with Crippen LogP contribution < -0.4 is 15.0 Å². The van der Waals surface area contributed by atoms with E-state index in [1.807, 2.05) is 38.1 Å². The quantitative estimate of drug-likeness (QED) is 0.930. The van der Waals surface area contributed by atoms with Gasteiger partial charge >= 0.3 is 0 Å². The topological polar surface area (TPSA) is 58.6 Å². The first-order valence-corrected chi connectivity index (χ1v) is 8.30. The van der Waals surface area contributed by atoms with E-state index in [-0.39, 0.29) is 24.2 Å². The first-order valence-electron chi connectivity index (χ1n) is 8.30. The predicted octanol–water partition coefficient (Wildman–Crippen LogP) is 3.30. The Bertz CT molecular complexity index is 796. The third-order valence-electron chi connectivity index (χ3n) is 4.38. The fraction of sp³-hybridized carbons (Fsp3) is 0.300. The van der Waals surface area contributed by atoms with Crippen molar-refractivity contribution >= 4 is 23.2 Å². The highest BCUT2D eigenvalue weighted by Crippen LogP contribution is 2.29. The normalized spacial score (nSPS) is 16.8. The number of nitrogens with one attached hydrogen (secondary N) is 1. The molecule has 0 aromatic heterocycles. The summed E-state index contributed by atoms with van der Waals surface area (Å²) in [6.45, 7) is 4.40. The SMILES string of the molecule is COc1ccccc1NC(=O)[C@@H]1CC(=O)N(c2cc(C)cc(C)c2)C1. The van der Waals surface area contributed by atoms with Gasteiger partial charge in [-0.2, -0.15) is 0 Å². The number of hydrogen-bond donors (Lipinski definition) is 1. The molecular weight excluding hydrogens is 316 g/mol. The molecule has 1 aliphatic heterocycles. The Hall–Kier alpha value is -2.82. The van der Waals surface area contributed by atoms with Gasteiger partial charge in [0.05, 0.1) is 18.7 Å². The zero-order valence-electron chi connectivity index (χ0n) is 14.7. The van der Waals surface area contributed by atoms with Gasteiger partial charge < -0.3 is 15.0 Å². The number of hydrogen-bond acceptors (Lipinski definition) is 3. The monoisotopic (exact) mass is 338 g/mol. The van der Waals surface area contributed by atoms with Gasteiger partial charge in [-0.3, -0.25) is 9.59 Å². The highest BCUT2D eigenvalue weighted by Gasteiger charge is 2.35. The minimum Gasteiger partial charge on any atom is -0.495 e. The highest BCUT2D eigenvalue weighted by atomic mass is 16.5. The van der Waals surface area contributed by atoms with Gasteiger partial charge in [-0.05, 0) is 49.2 Å². The maximum Gasteiger partial charge on any atom is 0.229 e. The molecule has 5 heteroatoms. The number of benzene rings is 2. The van der Waals surface area contributed by atoms with E-state index in [9.17, 15) is 9.59 Å². The molecule has 0 aliphatic carbocycles. The van der Waals surface area contributed by atoms with E-state index in [4.69, 9.17) is 4.74 Å². The van der Waals surface area contributed by atoms with Crippen molar-refractivity contribution in [1.29, 1.82) is 0 Å². The summed E-state index contributed by atoms with van der Waals surface area (Å²) in [7, 11) is 1.56. The summed E-state index contributed by atoms with van der Waals surface area (Å²) < 4.78 is 5.25. The zero-order chi connectivity index (χ0) is 18.0. The molecule has 0 unspecified atom stereocenters. The van der Waals surface area contributed by atoms with Crippen molar-refractivity contribution in [2.24, 2.45) is 5.92 Å². The minimum absolute atomic E-state index is 0.0230. The number of amides is 2. The lowest BCUT2D eigenvalue weighted by Crippen LogP contribution is -2.28. The molecule has 25 heavy (non-hydrogen) atoms. The van der Waals surface area contributed by atoms with Gasteiger partial charge in [-0.15, -0.1) is 0 Å². The molecule has 1 atom stereocenters. The van der Waals surface area contributed by atoms with Crippen molar-refractivity contribution in [3.8, 4) is 5.75 Å². The van der Waals surface area contributed by atoms with Crippen molar-refractivity contribution in [2.45, 2.75) is 20.3 Å². The fourth-order valence-corrected chi connectivity index (χ4v) is 3.22. The zero-order valence-corrected chi connectivity index (χ0v) is 14.7. The van der Waals surface area contributed by atoms with E-state index < -0.39 is 0 Å². The molecule has 0 saturated carbocycles. The Morgan fingerprint density at radius 1 is 1.16 bits per heavy atom. The summed E-state index contributed by atoms with van der Waals surface area (Å²) in [6.07, 6.45) is 0.216. The molecule has 2 aromatic rings. The number of anilines is 2. The summed E-state index contributed by atoms with van der Waals surface area (Å²) in [5, 5.41) is 2.88. The number of aryl methyl sites for hydroxylation is 2. The molecule has 130 valence electrons. The van der Waals surface area contributed by atoms with Crippen LogP contribution in [0.5, 0.6) is 5.75 Å². The van der Waals surface area contributed by atoms with Crippen molar-refractivity contribution < 1.29 is 14.3 Å². The Morgan fingerprint density at radius 3 is 2.52 bits per heavy atom. The molecule has 2 amide bonds. The molecule has 1 N–H and O–H groups in total. The van der Waals surface area contributed by atoms with Gasteiger partial charge in [0.1, 0.15) is 5.75 Å². The number of rotatable bonds is 4. The molecular formula is C20H22N2O3. The number of para-hydroxylation sites is 2. The van der Waals surface area contributed by atoms with Crippen LogP contribution in [0.25, 0.3) is 0 Å². The van der Waals surface area contributed by atoms with Crippen LogP contribution in [0.15, 0.2) is 42.5 Å². The van der Waals surface area contributed by atoms with Crippen molar-refractivity contribution in [3.05, 3.63) is 53.6 Å². The standard InChI is InChI=1S/C20H22N2O3/c1-13-8-14(2)10-16(9-13)22-12-15(11-19(22)23)20(24)21-17-6-4-5-7-18(17)25-3/h4-10,15H,11-12H2,1-3H3,(H,21,24)/t15-/m1/s1. The van der Waals surface area contributed by atoms with E-state index in [2.05, 4.69) is 11.4 Å². The Balaban J connectivity index is 1.74. The van der Waals surface area contributed by atoms with Crippen molar-refractivity contribution in [3.63, 3.8) is 0 Å². The van der Waals surface area contributed by atoms with Gasteiger partial charge in [0, 0.05) is 18.7 Å². The third-order valence-corrected chi connectivity index (χ3v) is 4.38. The summed E-state index contributed by atoms with van der Waals surface area (Å²) in [4.78, 5) is 26.7. The van der Waals surface area contributed by atoms with E-state index in [1.54, 1.807) is 24.1 Å². The molecule has 1 saturated heterocycles. The van der Waals surface area contributed by atoms with E-state index in [0.717, 1.165) is 16.8 Å². The van der Waals surface area contributed by atoms with E-state index >= 15 is 0 Å². The van der Waals surface area contributed by atoms with Crippen LogP contribution in [-0.2, 0) is 9.59 Å². The summed E-state index contributed by atoms with van der Waals surface area (Å²) in [6, 6.07) is 13.3. The molecule has 0 radical (unpaired) electrons. The number of methoxy groups -OCH3 is 1. The van der Waals surface area contributed by atoms with Gasteiger partial charge in [0.25, 0.3) is 0 Å². The first kappa shape index (κ1) is 17.0. The highest BCUT2D eigenvalue weighted by molar-refractivity contribution is 6.04. The first-order chi connectivity index (χ1) is 12.0. The van der Waals surface area contributed by atoms with E-state index in [0.29, 0.717) is 18.0 Å². The Morgan fingerprint density at radius 2 is 1.84 bits per heavy atom. The number of nitrogens with zero attached hydrogens (tertiary/aromatic N) is 1. The van der Waals surface area contributed by atoms with E-state index in [1.165, 1.54) is 0 Å². The lowest BCUT2D eigenvalue weighted by atomic mass is 10.1. The molecule has 1 aliphatic rings. The van der Waals surface area contributed by atoms with Gasteiger partial charge in [-0.1, -0.05) is 18.2 Å². The minimum atomic E-state index is -0.377. The third kappa shape index (κ3) is 3.65. The summed E-state index contributed by atoms with van der Waals surface area (Å²) in [5.74, 6) is 0.0412. The maximum absolute atomic E-state index is 12.6. The average molecular weight is 338 g/mol. The van der Waals surface area contributed by atoms with Crippen molar-refractivity contribution in [1.82, 2.24) is 0 Å². The van der Waals surface area contributed by atoms with Crippen LogP contribution in [0, 0.1) is 19.8 Å². The Labute approximate surface area is 147 Å². The predicted molar refractivity (Wildman–Crippen MR) is 98.0 cm³/mol. The maximum atomic E-state index is 12.6. The molecule has 1 fully saturated rings. The van der Waals surface area contributed by atoms with Crippen LogP contribution in [0.1, 0.15) is 17.5 Å². The van der Waals surface area contributed by atoms with Gasteiger partial charge in [-0.25, -0.2) is 0 Å². The smallest absolute Gasteiger partial charge is 0.229 e. The van der Waals surface area contributed by atoms with Crippen LogP contribution in [0.3, 0.4) is 0 Å². The fourth-order valence-electron chi connectivity index (χ4n) is 3.22. The molecule has 0 spiro atoms. The second-order valence-electron chi connectivity index (χ2n) is 6.44. The molecule has 5 nitrogen and oxygen atoms in total. The average Bonchev–Trinajstić information content (AvgIpc) is 2.96. The Kier molecular flexibility index (Phi) is 4.74. The lowest BCUT2D eigenvalue weighted by Gasteiger charge is -2.18. The summed E-state index contributed by atoms with van der Waals surface area (Å²) in [5.41, 5.74) is 3.68. The van der Waals surface area contributed by atoms with Gasteiger partial charge in [0.2, 0.25) is 11.8 Å². The number of carbonyl (C=O) groups excluding carboxylic acids is 2. The number of ether oxygens (including phenoxy) is 1. The van der Waals surface area contributed by atoms with Crippen LogP contribution >= 0.6 is 0 Å². The largest absolute Gasteiger partial charge is 0.495 e. The second-order valence-corrected chi connectivity index (χ2v) is 6.44. The molecule has 0 bridgehead atoms. The van der Waals surface area contributed by atoms with Gasteiger partial charge in [0.15, 0.2) is 0 Å².